The molecule has 1 aromatic carbocycles. The van der Waals surface area contributed by atoms with Crippen LogP contribution in [0.15, 0.2) is 24.3 Å². The van der Waals surface area contributed by atoms with E-state index in [0.29, 0.717) is 38.2 Å². The molecule has 0 atom stereocenters. The average molecular weight is 333 g/mol. The van der Waals surface area contributed by atoms with Crippen LogP contribution in [0.4, 0.5) is 15.3 Å². The van der Waals surface area contributed by atoms with Gasteiger partial charge in [0.05, 0.1) is 12.5 Å². The van der Waals surface area contributed by atoms with E-state index in [-0.39, 0.29) is 11.9 Å². The molecule has 0 aromatic heterocycles. The Labute approximate surface area is 141 Å². The predicted octanol–water partition coefficient (Wildman–Crippen LogP) is 2.51. The van der Waals surface area contributed by atoms with Gasteiger partial charge in [-0.2, -0.15) is 0 Å². The van der Waals surface area contributed by atoms with Gasteiger partial charge in [0, 0.05) is 18.8 Å². The number of rotatable bonds is 3. The Morgan fingerprint density at radius 3 is 2.38 bits per heavy atom. The molecule has 0 radical (unpaired) electrons. The molecule has 7 heteroatoms. The van der Waals surface area contributed by atoms with Gasteiger partial charge in [-0.1, -0.05) is 17.7 Å². The largest absolute Gasteiger partial charge is 0.466 e. The Balaban J connectivity index is 1.77. The molecule has 1 fully saturated rings. The van der Waals surface area contributed by atoms with Crippen molar-refractivity contribution in [2.24, 2.45) is 5.92 Å². The number of amides is 4. The summed E-state index contributed by atoms with van der Waals surface area (Å²) in [5, 5.41) is 4.91. The standard InChI is InChI=1S/C17H23N3O4/c1-3-24-15(21)13-8-10-20(11-9-13)17(23)19-16(22)18-14-6-4-12(2)5-7-14/h4-7,13H,3,8-11H2,1-2H3,(H2,18,19,22,23). The van der Waals surface area contributed by atoms with Gasteiger partial charge < -0.3 is 15.0 Å². The highest BCUT2D eigenvalue weighted by Gasteiger charge is 2.28. The normalized spacial score (nSPS) is 14.8. The number of likely N-dealkylation sites (tertiary alicyclic amines) is 1. The van der Waals surface area contributed by atoms with Crippen LogP contribution in [-0.2, 0) is 9.53 Å². The molecule has 1 aliphatic rings. The minimum absolute atomic E-state index is 0.171. The van der Waals surface area contributed by atoms with Gasteiger partial charge >= 0.3 is 18.0 Å². The molecular formula is C17H23N3O4. The third-order valence-electron chi connectivity index (χ3n) is 3.93. The lowest BCUT2D eigenvalue weighted by atomic mass is 9.97. The molecular weight excluding hydrogens is 310 g/mol. The summed E-state index contributed by atoms with van der Waals surface area (Å²) in [4.78, 5) is 37.2. The molecule has 130 valence electrons. The Morgan fingerprint density at radius 1 is 1.17 bits per heavy atom. The number of urea groups is 2. The SMILES string of the molecule is CCOC(=O)C1CCN(C(=O)NC(=O)Nc2ccc(C)cc2)CC1. The number of hydrogen-bond acceptors (Lipinski definition) is 4. The van der Waals surface area contributed by atoms with Crippen molar-refractivity contribution in [1.29, 1.82) is 0 Å². The summed E-state index contributed by atoms with van der Waals surface area (Å²) in [5.74, 6) is -0.384. The summed E-state index contributed by atoms with van der Waals surface area (Å²) in [6.07, 6.45) is 1.09. The summed E-state index contributed by atoms with van der Waals surface area (Å²) in [6, 6.07) is 6.25. The van der Waals surface area contributed by atoms with E-state index in [2.05, 4.69) is 10.6 Å². The molecule has 0 bridgehead atoms. The fraction of sp³-hybridized carbons (Fsp3) is 0.471. The molecule has 0 saturated carbocycles. The van der Waals surface area contributed by atoms with Gasteiger partial charge in [0.1, 0.15) is 0 Å². The molecule has 0 aliphatic carbocycles. The minimum atomic E-state index is -0.573. The van der Waals surface area contributed by atoms with E-state index in [0.717, 1.165) is 5.56 Å². The Bertz CT molecular complexity index is 592. The first-order valence-corrected chi connectivity index (χ1v) is 8.09. The van der Waals surface area contributed by atoms with E-state index >= 15 is 0 Å². The monoisotopic (exact) mass is 333 g/mol. The topological polar surface area (TPSA) is 87.7 Å². The lowest BCUT2D eigenvalue weighted by Crippen LogP contribution is -2.48. The first-order valence-electron chi connectivity index (χ1n) is 8.09. The van der Waals surface area contributed by atoms with Crippen molar-refractivity contribution in [1.82, 2.24) is 10.2 Å². The Kier molecular flexibility index (Phi) is 6.17. The maximum atomic E-state index is 12.1. The van der Waals surface area contributed by atoms with Crippen molar-refractivity contribution in [2.45, 2.75) is 26.7 Å². The highest BCUT2D eigenvalue weighted by Crippen LogP contribution is 2.18. The molecule has 4 amide bonds. The number of aryl methyl sites for hydroxylation is 1. The molecule has 1 aliphatic heterocycles. The van der Waals surface area contributed by atoms with Gasteiger partial charge in [-0.3, -0.25) is 10.1 Å². The van der Waals surface area contributed by atoms with Crippen molar-refractivity contribution >= 4 is 23.7 Å². The van der Waals surface area contributed by atoms with E-state index in [1.807, 2.05) is 19.1 Å². The Morgan fingerprint density at radius 2 is 1.79 bits per heavy atom. The number of carbonyl (C=O) groups excluding carboxylic acids is 3. The lowest BCUT2D eigenvalue weighted by Gasteiger charge is -2.30. The van der Waals surface area contributed by atoms with Crippen LogP contribution >= 0.6 is 0 Å². The van der Waals surface area contributed by atoms with Crippen molar-refractivity contribution in [3.63, 3.8) is 0 Å². The fourth-order valence-electron chi connectivity index (χ4n) is 2.55. The number of hydrogen-bond donors (Lipinski definition) is 2. The fourth-order valence-corrected chi connectivity index (χ4v) is 2.55. The quantitative estimate of drug-likeness (QED) is 0.832. The predicted molar refractivity (Wildman–Crippen MR) is 89.7 cm³/mol. The van der Waals surface area contributed by atoms with Crippen LogP contribution in [0.25, 0.3) is 0 Å². The molecule has 1 heterocycles. The molecule has 2 rings (SSSR count). The second-order valence-electron chi connectivity index (χ2n) is 5.76. The van der Waals surface area contributed by atoms with Gasteiger partial charge in [0.25, 0.3) is 0 Å². The molecule has 24 heavy (non-hydrogen) atoms. The van der Waals surface area contributed by atoms with Gasteiger partial charge in [0.2, 0.25) is 0 Å². The number of nitrogens with one attached hydrogen (secondary N) is 2. The van der Waals surface area contributed by atoms with Crippen LogP contribution in [0.2, 0.25) is 0 Å². The van der Waals surface area contributed by atoms with Crippen molar-refractivity contribution in [2.75, 3.05) is 25.0 Å². The third kappa shape index (κ3) is 4.97. The number of anilines is 1. The second kappa shape index (κ2) is 8.33. The maximum absolute atomic E-state index is 12.1. The van der Waals surface area contributed by atoms with E-state index in [1.165, 1.54) is 4.90 Å². The smallest absolute Gasteiger partial charge is 0.327 e. The van der Waals surface area contributed by atoms with Gasteiger partial charge in [0.15, 0.2) is 0 Å². The highest BCUT2D eigenvalue weighted by atomic mass is 16.5. The van der Waals surface area contributed by atoms with Crippen molar-refractivity contribution in [3.05, 3.63) is 29.8 Å². The molecule has 1 saturated heterocycles. The molecule has 1 aromatic rings. The molecule has 7 nitrogen and oxygen atoms in total. The third-order valence-corrected chi connectivity index (χ3v) is 3.93. The van der Waals surface area contributed by atoms with Gasteiger partial charge in [-0.15, -0.1) is 0 Å². The highest BCUT2D eigenvalue weighted by molar-refractivity contribution is 6.00. The van der Waals surface area contributed by atoms with Crippen LogP contribution in [-0.4, -0.2) is 42.6 Å². The number of ether oxygens (including phenoxy) is 1. The van der Waals surface area contributed by atoms with Crippen LogP contribution in [0, 0.1) is 12.8 Å². The first-order chi connectivity index (χ1) is 11.5. The van der Waals surface area contributed by atoms with Gasteiger partial charge in [-0.05, 0) is 38.8 Å². The number of benzene rings is 1. The van der Waals surface area contributed by atoms with E-state index in [9.17, 15) is 14.4 Å². The average Bonchev–Trinajstić information content (AvgIpc) is 2.57. The Hall–Kier alpha value is -2.57. The maximum Gasteiger partial charge on any atom is 0.327 e. The zero-order chi connectivity index (χ0) is 17.5. The van der Waals surface area contributed by atoms with E-state index < -0.39 is 12.1 Å². The molecule has 0 spiro atoms. The zero-order valence-electron chi connectivity index (χ0n) is 14.0. The number of nitrogens with zero attached hydrogens (tertiary/aromatic N) is 1. The lowest BCUT2D eigenvalue weighted by molar-refractivity contribution is -0.149. The number of piperidine rings is 1. The summed E-state index contributed by atoms with van der Waals surface area (Å²) in [5.41, 5.74) is 1.70. The second-order valence-corrected chi connectivity index (χ2v) is 5.76. The number of carbonyl (C=O) groups is 3. The van der Waals surface area contributed by atoms with Crippen LogP contribution < -0.4 is 10.6 Å². The van der Waals surface area contributed by atoms with E-state index in [4.69, 9.17) is 4.74 Å². The zero-order valence-corrected chi connectivity index (χ0v) is 14.0. The van der Waals surface area contributed by atoms with Crippen LogP contribution in [0.3, 0.4) is 0 Å². The minimum Gasteiger partial charge on any atom is -0.466 e. The van der Waals surface area contributed by atoms with Crippen LogP contribution in [0.1, 0.15) is 25.3 Å². The molecule has 2 N–H and O–H groups in total. The summed E-state index contributed by atoms with van der Waals surface area (Å²) in [6.45, 7) is 4.93. The van der Waals surface area contributed by atoms with Crippen molar-refractivity contribution < 1.29 is 19.1 Å². The first kappa shape index (κ1) is 17.8. The van der Waals surface area contributed by atoms with Crippen LogP contribution in [0.5, 0.6) is 0 Å². The van der Waals surface area contributed by atoms with Gasteiger partial charge in [-0.25, -0.2) is 9.59 Å². The van der Waals surface area contributed by atoms with Crippen molar-refractivity contribution in [3.8, 4) is 0 Å². The van der Waals surface area contributed by atoms with E-state index in [1.54, 1.807) is 19.1 Å². The summed E-state index contributed by atoms with van der Waals surface area (Å²) >= 11 is 0. The summed E-state index contributed by atoms with van der Waals surface area (Å²) in [7, 11) is 0. The number of esters is 1. The summed E-state index contributed by atoms with van der Waals surface area (Å²) < 4.78 is 4.99. The molecule has 0 unspecified atom stereocenters. The number of imide groups is 1.